The summed E-state index contributed by atoms with van der Waals surface area (Å²) in [4.78, 5) is 10.3. The second-order valence-electron chi connectivity index (χ2n) is 5.41. The van der Waals surface area contributed by atoms with E-state index < -0.39 is 5.97 Å². The van der Waals surface area contributed by atoms with Crippen molar-refractivity contribution in [3.63, 3.8) is 0 Å². The number of carbonyl (C=O) groups is 1. The summed E-state index contributed by atoms with van der Waals surface area (Å²) in [5, 5.41) is 8.50. The van der Waals surface area contributed by atoms with Gasteiger partial charge in [0, 0.05) is 44.2 Å². The minimum atomic E-state index is -0.672. The van der Waals surface area contributed by atoms with Crippen LogP contribution in [0.5, 0.6) is 0 Å². The van der Waals surface area contributed by atoms with Crippen LogP contribution in [-0.4, -0.2) is 48.8 Å². The molecule has 1 N–H and O–H groups in total. The van der Waals surface area contributed by atoms with Crippen molar-refractivity contribution in [1.82, 2.24) is 0 Å². The van der Waals surface area contributed by atoms with E-state index in [1.54, 1.807) is 0 Å². The Balaban J connectivity index is 0. The fraction of sp³-hybridized carbons (Fsp3) is 0.722. The van der Waals surface area contributed by atoms with Crippen LogP contribution in [0, 0.1) is 0 Å². The van der Waals surface area contributed by atoms with Gasteiger partial charge in [-0.2, -0.15) is 0 Å². The fourth-order valence-electron chi connectivity index (χ4n) is 2.11. The summed E-state index contributed by atoms with van der Waals surface area (Å²) in [6, 6.07) is 0. The molecule has 0 aliphatic carbocycles. The monoisotopic (exact) mass is 320 g/mol. The molecular weight excluding hydrogens is 288 g/mol. The Morgan fingerprint density at radius 2 is 1.29 bits per heavy atom. The van der Waals surface area contributed by atoms with Crippen LogP contribution in [0.4, 0.5) is 0 Å². The zero-order valence-corrected chi connectivity index (χ0v) is 16.1. The number of aliphatic carboxylic acids is 1. The molecule has 0 atom stereocenters. The van der Waals surface area contributed by atoms with Gasteiger partial charge in [0.15, 0.2) is 0 Å². The molecule has 0 saturated carbocycles. The van der Waals surface area contributed by atoms with Gasteiger partial charge in [0.05, 0.1) is 0 Å². The average molecular weight is 321 g/mol. The first-order valence-corrected chi connectivity index (χ1v) is 8.30. The third-order valence-electron chi connectivity index (χ3n) is 3.37. The van der Waals surface area contributed by atoms with E-state index in [-0.39, 0.29) is 37.7 Å². The Morgan fingerprint density at radius 1 is 0.810 bits per heavy atom. The Labute approximate surface area is 161 Å². The quantitative estimate of drug-likeness (QED) is 0.260. The molecule has 0 aromatic heterocycles. The van der Waals surface area contributed by atoms with Gasteiger partial charge in [-0.1, -0.05) is 69.8 Å². The Morgan fingerprint density at radius 3 is 1.81 bits per heavy atom. The van der Waals surface area contributed by atoms with E-state index in [0.717, 1.165) is 25.7 Å². The van der Waals surface area contributed by atoms with Gasteiger partial charge in [0.2, 0.25) is 0 Å². The van der Waals surface area contributed by atoms with Crippen molar-refractivity contribution < 1.29 is 9.90 Å². The number of rotatable bonds is 14. The first kappa shape index (κ1) is 23.5. The third-order valence-corrected chi connectivity index (χ3v) is 3.37. The van der Waals surface area contributed by atoms with Crippen molar-refractivity contribution in [1.29, 1.82) is 0 Å². The summed E-state index contributed by atoms with van der Waals surface area (Å²) in [6.07, 6.45) is 22.3. The molecule has 0 unspecified atom stereocenters. The van der Waals surface area contributed by atoms with Gasteiger partial charge in [0.25, 0.3) is 0 Å². The molecule has 0 aliphatic heterocycles. The maximum Gasteiger partial charge on any atom is 0.303 e. The van der Waals surface area contributed by atoms with E-state index in [2.05, 4.69) is 31.2 Å². The van der Waals surface area contributed by atoms with Crippen molar-refractivity contribution in [2.24, 2.45) is 0 Å². The van der Waals surface area contributed by atoms with Gasteiger partial charge in [-0.15, -0.1) is 0 Å². The Kier molecular flexibility index (Phi) is 22.6. The van der Waals surface area contributed by atoms with Crippen LogP contribution in [0.15, 0.2) is 24.3 Å². The SMILES string of the molecule is CCCCCCC=CC=CCCCCCCCC(=O)O.[Ca]. The molecule has 0 aliphatic rings. The van der Waals surface area contributed by atoms with Crippen LogP contribution in [0.3, 0.4) is 0 Å². The molecule has 0 amide bonds. The zero-order chi connectivity index (χ0) is 14.9. The van der Waals surface area contributed by atoms with Crippen LogP contribution in [-0.2, 0) is 4.79 Å². The summed E-state index contributed by atoms with van der Waals surface area (Å²) in [5.41, 5.74) is 0. The van der Waals surface area contributed by atoms with Crippen molar-refractivity contribution >= 4 is 43.7 Å². The molecular formula is C18H32CaO2. The summed E-state index contributed by atoms with van der Waals surface area (Å²) in [6.45, 7) is 2.24. The third kappa shape index (κ3) is 22.6. The molecule has 2 radical (unpaired) electrons. The molecule has 0 aromatic carbocycles. The first-order valence-electron chi connectivity index (χ1n) is 8.30. The molecule has 0 fully saturated rings. The van der Waals surface area contributed by atoms with E-state index >= 15 is 0 Å². The average Bonchev–Trinajstić information content (AvgIpc) is 2.43. The van der Waals surface area contributed by atoms with Crippen LogP contribution < -0.4 is 0 Å². The summed E-state index contributed by atoms with van der Waals surface area (Å²) in [5.74, 6) is -0.672. The largest absolute Gasteiger partial charge is 0.481 e. The predicted octanol–water partition coefficient (Wildman–Crippen LogP) is 5.50. The molecule has 0 spiro atoms. The molecule has 0 bridgehead atoms. The molecule has 0 saturated heterocycles. The molecule has 21 heavy (non-hydrogen) atoms. The molecule has 3 heteroatoms. The number of unbranched alkanes of at least 4 members (excludes halogenated alkanes) is 9. The summed E-state index contributed by atoms with van der Waals surface area (Å²) in [7, 11) is 0. The number of hydrogen-bond acceptors (Lipinski definition) is 1. The van der Waals surface area contributed by atoms with Crippen LogP contribution in [0.1, 0.15) is 84.0 Å². The molecule has 0 heterocycles. The predicted molar refractivity (Wildman–Crippen MR) is 92.7 cm³/mol. The molecule has 0 aromatic rings. The van der Waals surface area contributed by atoms with E-state index in [0.29, 0.717) is 6.42 Å². The van der Waals surface area contributed by atoms with E-state index in [1.807, 2.05) is 0 Å². The number of allylic oxidation sites excluding steroid dienone is 4. The second-order valence-corrected chi connectivity index (χ2v) is 5.41. The number of carboxylic acids is 1. The van der Waals surface area contributed by atoms with E-state index in [9.17, 15) is 4.79 Å². The Hall–Kier alpha value is 0.210. The minimum Gasteiger partial charge on any atom is -0.481 e. The standard InChI is InChI=1S/C18H32O2.Ca/c1-2-3-4-5-6-7-8-9-10-11-12-13-14-15-16-17-18(19)20;/h7-10H,2-6,11-17H2,1H3,(H,19,20);. The van der Waals surface area contributed by atoms with Gasteiger partial charge in [-0.05, 0) is 32.1 Å². The summed E-state index contributed by atoms with van der Waals surface area (Å²) >= 11 is 0. The first-order chi connectivity index (χ1) is 9.77. The zero-order valence-electron chi connectivity index (χ0n) is 13.9. The Bertz CT molecular complexity index is 272. The maximum absolute atomic E-state index is 10.3. The van der Waals surface area contributed by atoms with Gasteiger partial charge in [-0.3, -0.25) is 4.79 Å². The van der Waals surface area contributed by atoms with Crippen molar-refractivity contribution in [2.75, 3.05) is 0 Å². The van der Waals surface area contributed by atoms with Crippen LogP contribution in [0.2, 0.25) is 0 Å². The van der Waals surface area contributed by atoms with E-state index in [1.165, 1.54) is 44.9 Å². The molecule has 2 nitrogen and oxygen atoms in total. The second kappa shape index (κ2) is 20.2. The summed E-state index contributed by atoms with van der Waals surface area (Å²) < 4.78 is 0. The fourth-order valence-corrected chi connectivity index (χ4v) is 2.11. The van der Waals surface area contributed by atoms with Crippen LogP contribution >= 0.6 is 0 Å². The number of hydrogen-bond donors (Lipinski definition) is 1. The van der Waals surface area contributed by atoms with Gasteiger partial charge in [0.1, 0.15) is 0 Å². The molecule has 0 rings (SSSR count). The smallest absolute Gasteiger partial charge is 0.303 e. The van der Waals surface area contributed by atoms with Crippen molar-refractivity contribution in [2.45, 2.75) is 84.0 Å². The van der Waals surface area contributed by atoms with Crippen LogP contribution in [0.25, 0.3) is 0 Å². The normalized spacial score (nSPS) is 11.1. The number of carboxylic acid groups (broad SMARTS) is 1. The van der Waals surface area contributed by atoms with Gasteiger partial charge >= 0.3 is 5.97 Å². The van der Waals surface area contributed by atoms with Gasteiger partial charge < -0.3 is 5.11 Å². The minimum absolute atomic E-state index is 0. The maximum atomic E-state index is 10.3. The van der Waals surface area contributed by atoms with Crippen molar-refractivity contribution in [3.05, 3.63) is 24.3 Å². The van der Waals surface area contributed by atoms with Gasteiger partial charge in [-0.25, -0.2) is 0 Å². The van der Waals surface area contributed by atoms with E-state index in [4.69, 9.17) is 5.11 Å². The van der Waals surface area contributed by atoms with Crippen molar-refractivity contribution in [3.8, 4) is 0 Å². The topological polar surface area (TPSA) is 37.3 Å². The molecule has 118 valence electrons.